The number of carbonyl (C=O) groups excluding carboxylic acids is 1. The molecule has 0 aromatic carbocycles. The van der Waals surface area contributed by atoms with Crippen molar-refractivity contribution in [1.29, 1.82) is 0 Å². The molecule has 2 aliphatic carbocycles. The highest BCUT2D eigenvalue weighted by atomic mass is 16.1. The second-order valence-electron chi connectivity index (χ2n) is 6.66. The first kappa shape index (κ1) is 14.8. The third-order valence-electron chi connectivity index (χ3n) is 5.26. The predicted octanol–water partition coefficient (Wildman–Crippen LogP) is 1.49. The van der Waals surface area contributed by atoms with Gasteiger partial charge in [0.05, 0.1) is 0 Å². The van der Waals surface area contributed by atoms with Gasteiger partial charge in [-0.25, -0.2) is 0 Å². The van der Waals surface area contributed by atoms with Gasteiger partial charge >= 0.3 is 0 Å². The van der Waals surface area contributed by atoms with Crippen LogP contribution in [0, 0.1) is 5.92 Å². The molecule has 4 heteroatoms. The van der Waals surface area contributed by atoms with Gasteiger partial charge in [0.25, 0.3) is 0 Å². The lowest BCUT2D eigenvalue weighted by Crippen LogP contribution is -2.51. The first-order chi connectivity index (χ1) is 9.03. The molecule has 2 fully saturated rings. The van der Waals surface area contributed by atoms with E-state index in [4.69, 9.17) is 5.73 Å². The maximum absolute atomic E-state index is 12.1. The summed E-state index contributed by atoms with van der Waals surface area (Å²) in [4.78, 5) is 14.4. The Morgan fingerprint density at radius 3 is 2.47 bits per heavy atom. The molecule has 0 unspecified atom stereocenters. The van der Waals surface area contributed by atoms with Crippen LogP contribution in [0.25, 0.3) is 0 Å². The van der Waals surface area contributed by atoms with Crippen LogP contribution in [0.15, 0.2) is 0 Å². The van der Waals surface area contributed by atoms with Crippen molar-refractivity contribution in [2.45, 2.75) is 62.9 Å². The minimum atomic E-state index is 0.188. The van der Waals surface area contributed by atoms with Crippen LogP contribution in [-0.4, -0.2) is 43.0 Å². The molecule has 0 aromatic heterocycles. The Kier molecular flexibility index (Phi) is 4.85. The van der Waals surface area contributed by atoms with Crippen molar-refractivity contribution in [3.63, 3.8) is 0 Å². The Morgan fingerprint density at radius 2 is 1.95 bits per heavy atom. The molecule has 3 N–H and O–H groups in total. The van der Waals surface area contributed by atoms with Crippen molar-refractivity contribution in [3.05, 3.63) is 0 Å². The third kappa shape index (κ3) is 3.48. The van der Waals surface area contributed by atoms with Crippen LogP contribution in [-0.2, 0) is 4.79 Å². The van der Waals surface area contributed by atoms with E-state index in [9.17, 15) is 4.79 Å². The molecule has 2 aliphatic rings. The summed E-state index contributed by atoms with van der Waals surface area (Å²) in [6, 6.07) is 0.236. The van der Waals surface area contributed by atoms with Gasteiger partial charge in [-0.1, -0.05) is 19.3 Å². The second-order valence-corrected chi connectivity index (χ2v) is 6.66. The molecular formula is C15H29N3O. The standard InChI is InChI=1S/C15H29N3O/c1-18(2)15(8-3-4-9-15)11-17-14(19)10-12-6-5-7-13(12)16/h12-13H,3-11,16H2,1-2H3,(H,17,19)/t12-,13+/m0/s1. The first-order valence-electron chi connectivity index (χ1n) is 7.73. The summed E-state index contributed by atoms with van der Waals surface area (Å²) in [6.07, 6.45) is 8.95. The normalized spacial score (nSPS) is 29.9. The number of rotatable bonds is 5. The van der Waals surface area contributed by atoms with E-state index in [0.717, 1.165) is 19.4 Å². The first-order valence-corrected chi connectivity index (χ1v) is 7.73. The number of hydrogen-bond donors (Lipinski definition) is 2. The van der Waals surface area contributed by atoms with E-state index >= 15 is 0 Å². The summed E-state index contributed by atoms with van der Waals surface area (Å²) in [5.74, 6) is 0.592. The van der Waals surface area contributed by atoms with E-state index in [1.807, 2.05) is 0 Å². The highest BCUT2D eigenvalue weighted by Crippen LogP contribution is 2.33. The molecule has 110 valence electrons. The zero-order valence-corrected chi connectivity index (χ0v) is 12.5. The minimum Gasteiger partial charge on any atom is -0.354 e. The third-order valence-corrected chi connectivity index (χ3v) is 5.26. The number of nitrogens with zero attached hydrogens (tertiary/aromatic N) is 1. The van der Waals surface area contributed by atoms with Gasteiger partial charge in [0.2, 0.25) is 5.91 Å². The van der Waals surface area contributed by atoms with Crippen LogP contribution in [0.4, 0.5) is 0 Å². The van der Waals surface area contributed by atoms with Gasteiger partial charge in [0.15, 0.2) is 0 Å². The number of amides is 1. The summed E-state index contributed by atoms with van der Waals surface area (Å²) in [5, 5.41) is 3.16. The zero-order valence-electron chi connectivity index (χ0n) is 12.5. The lowest BCUT2D eigenvalue weighted by molar-refractivity contribution is -0.122. The number of nitrogens with one attached hydrogen (secondary N) is 1. The van der Waals surface area contributed by atoms with Gasteiger partial charge in [-0.3, -0.25) is 4.79 Å². The summed E-state index contributed by atoms with van der Waals surface area (Å²) in [6.45, 7) is 0.792. The fourth-order valence-corrected chi connectivity index (χ4v) is 3.71. The molecule has 0 radical (unpaired) electrons. The minimum absolute atomic E-state index is 0.188. The molecule has 0 saturated heterocycles. The summed E-state index contributed by atoms with van der Waals surface area (Å²) in [7, 11) is 4.26. The largest absolute Gasteiger partial charge is 0.354 e. The lowest BCUT2D eigenvalue weighted by atomic mass is 9.95. The average molecular weight is 267 g/mol. The van der Waals surface area contributed by atoms with Crippen molar-refractivity contribution >= 4 is 5.91 Å². The fraction of sp³-hybridized carbons (Fsp3) is 0.933. The van der Waals surface area contributed by atoms with Gasteiger partial charge in [-0.15, -0.1) is 0 Å². The SMILES string of the molecule is CN(C)C1(CNC(=O)C[C@@H]2CCC[C@H]2N)CCCC1. The lowest BCUT2D eigenvalue weighted by Gasteiger charge is -2.36. The molecule has 0 spiro atoms. The van der Waals surface area contributed by atoms with Crippen LogP contribution in [0.1, 0.15) is 51.4 Å². The van der Waals surface area contributed by atoms with Crippen LogP contribution in [0.5, 0.6) is 0 Å². The Balaban J connectivity index is 1.79. The molecule has 0 heterocycles. The fourth-order valence-electron chi connectivity index (χ4n) is 3.71. The monoisotopic (exact) mass is 267 g/mol. The highest BCUT2D eigenvalue weighted by molar-refractivity contribution is 5.76. The Labute approximate surface area is 117 Å². The molecule has 19 heavy (non-hydrogen) atoms. The number of hydrogen-bond acceptors (Lipinski definition) is 3. The van der Waals surface area contributed by atoms with E-state index in [-0.39, 0.29) is 17.5 Å². The maximum atomic E-state index is 12.1. The molecular weight excluding hydrogens is 238 g/mol. The Hall–Kier alpha value is -0.610. The van der Waals surface area contributed by atoms with E-state index in [0.29, 0.717) is 12.3 Å². The van der Waals surface area contributed by atoms with Gasteiger partial charge in [-0.05, 0) is 45.7 Å². The maximum Gasteiger partial charge on any atom is 0.220 e. The number of likely N-dealkylation sites (N-methyl/N-ethyl adjacent to an activating group) is 1. The quantitative estimate of drug-likeness (QED) is 0.793. The number of nitrogens with two attached hydrogens (primary N) is 1. The van der Waals surface area contributed by atoms with Crippen LogP contribution < -0.4 is 11.1 Å². The average Bonchev–Trinajstić information content (AvgIpc) is 2.98. The van der Waals surface area contributed by atoms with Crippen molar-refractivity contribution in [2.75, 3.05) is 20.6 Å². The second kappa shape index (κ2) is 6.23. The smallest absolute Gasteiger partial charge is 0.220 e. The van der Waals surface area contributed by atoms with Crippen molar-refractivity contribution in [3.8, 4) is 0 Å². The molecule has 0 aliphatic heterocycles. The summed E-state index contributed by atoms with van der Waals surface area (Å²) < 4.78 is 0. The summed E-state index contributed by atoms with van der Waals surface area (Å²) >= 11 is 0. The van der Waals surface area contributed by atoms with E-state index in [1.165, 1.54) is 32.1 Å². The topological polar surface area (TPSA) is 58.4 Å². The van der Waals surface area contributed by atoms with Crippen molar-refractivity contribution < 1.29 is 4.79 Å². The van der Waals surface area contributed by atoms with Crippen LogP contribution in [0.3, 0.4) is 0 Å². The molecule has 2 saturated carbocycles. The molecule has 4 nitrogen and oxygen atoms in total. The predicted molar refractivity (Wildman–Crippen MR) is 77.8 cm³/mol. The highest BCUT2D eigenvalue weighted by Gasteiger charge is 2.36. The Bertz CT molecular complexity index is 311. The van der Waals surface area contributed by atoms with Crippen LogP contribution >= 0.6 is 0 Å². The zero-order chi connectivity index (χ0) is 13.9. The molecule has 0 aromatic rings. The molecule has 1 amide bonds. The van der Waals surface area contributed by atoms with Crippen LogP contribution in [0.2, 0.25) is 0 Å². The summed E-state index contributed by atoms with van der Waals surface area (Å²) in [5.41, 5.74) is 6.22. The van der Waals surface area contributed by atoms with Crippen molar-refractivity contribution in [2.24, 2.45) is 11.7 Å². The molecule has 2 atom stereocenters. The number of carbonyl (C=O) groups is 1. The van der Waals surface area contributed by atoms with Gasteiger partial charge in [0.1, 0.15) is 0 Å². The van der Waals surface area contributed by atoms with E-state index < -0.39 is 0 Å². The van der Waals surface area contributed by atoms with Gasteiger partial charge in [-0.2, -0.15) is 0 Å². The van der Waals surface area contributed by atoms with E-state index in [2.05, 4.69) is 24.3 Å². The van der Waals surface area contributed by atoms with Gasteiger partial charge in [0, 0.05) is 24.5 Å². The Morgan fingerprint density at radius 1 is 1.26 bits per heavy atom. The molecule has 0 bridgehead atoms. The van der Waals surface area contributed by atoms with Crippen molar-refractivity contribution in [1.82, 2.24) is 10.2 Å². The van der Waals surface area contributed by atoms with E-state index in [1.54, 1.807) is 0 Å². The molecule has 2 rings (SSSR count). The van der Waals surface area contributed by atoms with Gasteiger partial charge < -0.3 is 16.0 Å².